The van der Waals surface area contributed by atoms with Crippen LogP contribution in [-0.4, -0.2) is 15.1 Å². The summed E-state index contributed by atoms with van der Waals surface area (Å²) in [7, 11) is 0. The van der Waals surface area contributed by atoms with Crippen LogP contribution in [0.3, 0.4) is 0 Å². The maximum Gasteiger partial charge on any atom is 0.325 e. The summed E-state index contributed by atoms with van der Waals surface area (Å²) in [4.78, 5) is 13.7. The van der Waals surface area contributed by atoms with Crippen LogP contribution in [0.25, 0.3) is 0 Å². The molecule has 0 amide bonds. The number of hydrogen-bond acceptors (Lipinski definition) is 2. The molecule has 4 nitrogen and oxygen atoms in total. The van der Waals surface area contributed by atoms with Crippen LogP contribution >= 0.6 is 0 Å². The maximum absolute atomic E-state index is 11.1. The molecule has 0 atom stereocenters. The molecule has 1 saturated carbocycles. The molecule has 1 heterocycles. The van der Waals surface area contributed by atoms with E-state index in [4.69, 9.17) is 5.73 Å². The van der Waals surface area contributed by atoms with Crippen molar-refractivity contribution in [3.05, 3.63) is 22.9 Å². The molecule has 1 aromatic rings. The van der Waals surface area contributed by atoms with Crippen molar-refractivity contribution in [3.63, 3.8) is 0 Å². The third kappa shape index (κ3) is 1.18. The van der Waals surface area contributed by atoms with Gasteiger partial charge in [0.25, 0.3) is 0 Å². The topological polar surface area (TPSA) is 63.8 Å². The van der Waals surface area contributed by atoms with Crippen LogP contribution < -0.4 is 11.4 Å². The van der Waals surface area contributed by atoms with Gasteiger partial charge in [0.1, 0.15) is 0 Å². The van der Waals surface area contributed by atoms with E-state index < -0.39 is 0 Å². The smallest absolute Gasteiger partial charge is 0.324 e. The summed E-state index contributed by atoms with van der Waals surface area (Å²) in [6, 6.07) is 0. The van der Waals surface area contributed by atoms with Crippen LogP contribution in [0.15, 0.2) is 17.2 Å². The highest BCUT2D eigenvalue weighted by Gasteiger charge is 2.32. The van der Waals surface area contributed by atoms with Crippen molar-refractivity contribution in [2.75, 3.05) is 0 Å². The normalized spacial score (nSPS) is 20.4. The predicted octanol–water partition coefficient (Wildman–Crippen LogP) is 0.0578. The molecule has 1 aliphatic rings. The minimum Gasteiger partial charge on any atom is -0.324 e. The van der Waals surface area contributed by atoms with Crippen molar-refractivity contribution >= 4 is 0 Å². The Bertz CT molecular complexity index is 321. The first-order chi connectivity index (χ1) is 5.70. The second kappa shape index (κ2) is 2.48. The first-order valence-corrected chi connectivity index (χ1v) is 4.22. The lowest BCUT2D eigenvalue weighted by atomic mass is 9.78. The molecule has 0 spiro atoms. The summed E-state index contributed by atoms with van der Waals surface area (Å²) in [5.41, 5.74) is 5.81. The lowest BCUT2D eigenvalue weighted by Gasteiger charge is -2.37. The molecule has 1 fully saturated rings. The Labute approximate surface area is 70.4 Å². The molecule has 0 radical (unpaired) electrons. The van der Waals surface area contributed by atoms with E-state index in [1.165, 1.54) is 6.42 Å². The molecule has 12 heavy (non-hydrogen) atoms. The highest BCUT2D eigenvalue weighted by atomic mass is 16.1. The number of nitrogens with two attached hydrogens (primary N) is 1. The third-order valence-corrected chi connectivity index (χ3v) is 2.56. The van der Waals surface area contributed by atoms with E-state index in [1.807, 2.05) is 0 Å². The fourth-order valence-corrected chi connectivity index (χ4v) is 1.60. The summed E-state index contributed by atoms with van der Waals surface area (Å²) in [5, 5.41) is 0. The molecule has 1 aromatic heterocycles. The van der Waals surface area contributed by atoms with E-state index >= 15 is 0 Å². The minimum atomic E-state index is -0.119. The Morgan fingerprint density at radius 1 is 1.67 bits per heavy atom. The Kier molecular flexibility index (Phi) is 1.58. The standard InChI is InChI=1S/C8H13N3O/c9-8(2-1-3-8)6-11-5-4-10-7(11)12/h4-5H,1-3,6,9H2,(H,10,12). The lowest BCUT2D eigenvalue weighted by Crippen LogP contribution is -2.51. The zero-order valence-corrected chi connectivity index (χ0v) is 6.92. The van der Waals surface area contributed by atoms with Gasteiger partial charge in [0.05, 0.1) is 0 Å². The maximum atomic E-state index is 11.1. The Balaban J connectivity index is 2.13. The number of aromatic nitrogens is 2. The number of nitrogens with one attached hydrogen (secondary N) is 1. The fraction of sp³-hybridized carbons (Fsp3) is 0.625. The Hall–Kier alpha value is -1.03. The molecule has 4 heteroatoms. The molecule has 0 aromatic carbocycles. The number of imidazole rings is 1. The summed E-state index contributed by atoms with van der Waals surface area (Å²) in [5.74, 6) is 0. The summed E-state index contributed by atoms with van der Waals surface area (Å²) in [6.07, 6.45) is 6.64. The number of aromatic amines is 1. The third-order valence-electron chi connectivity index (χ3n) is 2.56. The molecular formula is C8H13N3O. The van der Waals surface area contributed by atoms with Crippen molar-refractivity contribution < 1.29 is 0 Å². The van der Waals surface area contributed by atoms with Crippen molar-refractivity contribution in [2.45, 2.75) is 31.3 Å². The molecule has 1 aliphatic carbocycles. The van der Waals surface area contributed by atoms with Crippen molar-refractivity contribution in [1.29, 1.82) is 0 Å². The molecular weight excluding hydrogens is 154 g/mol. The van der Waals surface area contributed by atoms with Crippen LogP contribution in [0.2, 0.25) is 0 Å². The zero-order valence-electron chi connectivity index (χ0n) is 6.92. The summed E-state index contributed by atoms with van der Waals surface area (Å²) >= 11 is 0. The van der Waals surface area contributed by atoms with Crippen molar-refractivity contribution in [1.82, 2.24) is 9.55 Å². The van der Waals surface area contributed by atoms with Crippen LogP contribution in [-0.2, 0) is 6.54 Å². The first-order valence-electron chi connectivity index (χ1n) is 4.22. The van der Waals surface area contributed by atoms with E-state index in [1.54, 1.807) is 17.0 Å². The average Bonchev–Trinajstić information content (AvgIpc) is 2.34. The largest absolute Gasteiger partial charge is 0.325 e. The van der Waals surface area contributed by atoms with Crippen LogP contribution in [0.5, 0.6) is 0 Å². The molecule has 0 bridgehead atoms. The highest BCUT2D eigenvalue weighted by molar-refractivity contribution is 4.94. The van der Waals surface area contributed by atoms with Gasteiger partial charge >= 0.3 is 5.69 Å². The molecule has 0 unspecified atom stereocenters. The van der Waals surface area contributed by atoms with E-state index in [2.05, 4.69) is 4.98 Å². The van der Waals surface area contributed by atoms with Crippen LogP contribution in [0.4, 0.5) is 0 Å². The monoisotopic (exact) mass is 167 g/mol. The Morgan fingerprint density at radius 3 is 2.83 bits per heavy atom. The number of H-pyrrole nitrogens is 1. The van der Waals surface area contributed by atoms with Gasteiger partial charge in [0, 0.05) is 24.5 Å². The molecule has 2 rings (SSSR count). The Morgan fingerprint density at radius 2 is 2.42 bits per heavy atom. The average molecular weight is 167 g/mol. The molecule has 0 saturated heterocycles. The van der Waals surface area contributed by atoms with Gasteiger partial charge in [0.15, 0.2) is 0 Å². The summed E-state index contributed by atoms with van der Waals surface area (Å²) < 4.78 is 1.64. The quantitative estimate of drug-likeness (QED) is 0.654. The van der Waals surface area contributed by atoms with E-state index in [0.717, 1.165) is 12.8 Å². The van der Waals surface area contributed by atoms with Gasteiger partial charge < -0.3 is 10.7 Å². The SMILES string of the molecule is NC1(Cn2cc[nH]c2=O)CCC1. The lowest BCUT2D eigenvalue weighted by molar-refractivity contribution is 0.213. The predicted molar refractivity (Wildman–Crippen MR) is 45.8 cm³/mol. The molecule has 3 N–H and O–H groups in total. The summed E-state index contributed by atoms with van der Waals surface area (Å²) in [6.45, 7) is 0.648. The second-order valence-corrected chi connectivity index (χ2v) is 3.61. The van der Waals surface area contributed by atoms with Crippen molar-refractivity contribution in [3.8, 4) is 0 Å². The van der Waals surface area contributed by atoms with Crippen LogP contribution in [0.1, 0.15) is 19.3 Å². The van der Waals surface area contributed by atoms with Crippen molar-refractivity contribution in [2.24, 2.45) is 5.73 Å². The highest BCUT2D eigenvalue weighted by Crippen LogP contribution is 2.29. The van der Waals surface area contributed by atoms with Gasteiger partial charge in [-0.2, -0.15) is 0 Å². The number of hydrogen-bond donors (Lipinski definition) is 2. The van der Waals surface area contributed by atoms with E-state index in [9.17, 15) is 4.79 Å². The van der Waals surface area contributed by atoms with Gasteiger partial charge in [-0.05, 0) is 19.3 Å². The van der Waals surface area contributed by atoms with Gasteiger partial charge in [-0.25, -0.2) is 4.79 Å². The van der Waals surface area contributed by atoms with Gasteiger partial charge in [-0.3, -0.25) is 4.57 Å². The van der Waals surface area contributed by atoms with Gasteiger partial charge in [-0.15, -0.1) is 0 Å². The first kappa shape index (κ1) is 7.61. The number of rotatable bonds is 2. The van der Waals surface area contributed by atoms with E-state index in [-0.39, 0.29) is 11.2 Å². The van der Waals surface area contributed by atoms with E-state index in [0.29, 0.717) is 6.54 Å². The zero-order chi connectivity index (χ0) is 8.60. The minimum absolute atomic E-state index is 0.0632. The molecule has 0 aliphatic heterocycles. The van der Waals surface area contributed by atoms with Gasteiger partial charge in [-0.1, -0.05) is 0 Å². The number of nitrogens with zero attached hydrogens (tertiary/aromatic N) is 1. The van der Waals surface area contributed by atoms with Crippen LogP contribution in [0, 0.1) is 0 Å². The molecule has 66 valence electrons. The van der Waals surface area contributed by atoms with Gasteiger partial charge in [0.2, 0.25) is 0 Å². The second-order valence-electron chi connectivity index (χ2n) is 3.61. The fourth-order valence-electron chi connectivity index (χ4n) is 1.60.